The summed E-state index contributed by atoms with van der Waals surface area (Å²) in [4.78, 5) is 83.7. The maximum absolute atomic E-state index is 13.9. The average Bonchev–Trinajstić information content (AvgIpc) is 2.90. The Morgan fingerprint density at radius 1 is 1.10 bits per heavy atom. The summed E-state index contributed by atoms with van der Waals surface area (Å²) in [6.45, 7) is 3.38. The second-order valence-electron chi connectivity index (χ2n) is 11.4. The molecule has 41 heavy (non-hydrogen) atoms. The minimum absolute atomic E-state index is 0.0186. The van der Waals surface area contributed by atoms with Gasteiger partial charge in [0.05, 0.1) is 18.6 Å². The topological polar surface area (TPSA) is 190 Å². The lowest BCUT2D eigenvalue weighted by Crippen LogP contribution is -2.71. The molecule has 5 rings (SSSR count). The molecule has 0 aliphatic heterocycles. The number of hydroxylamine groups is 1. The molecular weight excluding hydrogens is 532 g/mol. The van der Waals surface area contributed by atoms with Crippen LogP contribution in [-0.4, -0.2) is 57.9 Å². The van der Waals surface area contributed by atoms with E-state index in [2.05, 4.69) is 5.48 Å². The van der Waals surface area contributed by atoms with Crippen LogP contribution in [0.5, 0.6) is 5.75 Å². The number of nitrogens with two attached hydrogens (primary N) is 1. The Morgan fingerprint density at radius 2 is 1.80 bits per heavy atom. The third-order valence-corrected chi connectivity index (χ3v) is 8.83. The van der Waals surface area contributed by atoms with Crippen molar-refractivity contribution in [1.29, 1.82) is 0 Å². The van der Waals surface area contributed by atoms with Crippen molar-refractivity contribution >= 4 is 34.9 Å². The number of hydrogen-bond acceptors (Lipinski definition) is 9. The number of benzene rings is 2. The predicted octanol–water partition coefficient (Wildman–Crippen LogP) is 1.17. The van der Waals surface area contributed by atoms with Crippen molar-refractivity contribution < 1.29 is 43.8 Å². The fourth-order valence-corrected chi connectivity index (χ4v) is 7.10. The highest BCUT2D eigenvalue weighted by molar-refractivity contribution is 6.32. The Bertz CT molecular complexity index is 1530. The van der Waals surface area contributed by atoms with Gasteiger partial charge >= 0.3 is 0 Å². The molecular formula is C30H30N2O9. The van der Waals surface area contributed by atoms with Gasteiger partial charge in [0.15, 0.2) is 34.7 Å². The Labute approximate surface area is 235 Å². The van der Waals surface area contributed by atoms with Crippen LogP contribution in [0.4, 0.5) is 0 Å². The number of carbonyl (C=O) groups excluding carboxylic acids is 6. The number of phenols is 1. The largest absolute Gasteiger partial charge is 0.507 e. The van der Waals surface area contributed by atoms with Crippen molar-refractivity contribution in [2.24, 2.45) is 41.2 Å². The number of nitrogens with one attached hydrogen (secondary N) is 1. The number of aliphatic hydroxyl groups is 1. The van der Waals surface area contributed by atoms with E-state index in [4.69, 9.17) is 10.6 Å². The van der Waals surface area contributed by atoms with Crippen LogP contribution >= 0.6 is 0 Å². The molecule has 2 unspecified atom stereocenters. The summed E-state index contributed by atoms with van der Waals surface area (Å²) >= 11 is 0. The maximum Gasteiger partial charge on any atom is 0.274 e. The van der Waals surface area contributed by atoms with Gasteiger partial charge in [-0.3, -0.25) is 33.6 Å². The van der Waals surface area contributed by atoms with E-state index in [-0.39, 0.29) is 29.7 Å². The van der Waals surface area contributed by atoms with Crippen molar-refractivity contribution in [2.75, 3.05) is 7.11 Å². The lowest BCUT2D eigenvalue weighted by Gasteiger charge is -2.52. The van der Waals surface area contributed by atoms with E-state index in [1.165, 1.54) is 13.2 Å². The number of rotatable bonds is 5. The fraction of sp³-hybridized carbons (Fsp3) is 0.400. The summed E-state index contributed by atoms with van der Waals surface area (Å²) in [5, 5.41) is 22.4. The van der Waals surface area contributed by atoms with Crippen LogP contribution in [0, 0.1) is 35.5 Å². The number of ketones is 4. The number of carbonyl (C=O) groups is 6. The maximum atomic E-state index is 13.9. The highest BCUT2D eigenvalue weighted by Gasteiger charge is 2.69. The molecule has 0 bridgehead atoms. The molecule has 2 fully saturated rings. The molecule has 0 spiro atoms. The van der Waals surface area contributed by atoms with E-state index >= 15 is 0 Å². The first-order valence-electron chi connectivity index (χ1n) is 13.3. The summed E-state index contributed by atoms with van der Waals surface area (Å²) in [7, 11) is 1.30. The second kappa shape index (κ2) is 10.0. The predicted molar refractivity (Wildman–Crippen MR) is 142 cm³/mol. The molecule has 0 heterocycles. The van der Waals surface area contributed by atoms with Crippen molar-refractivity contribution in [2.45, 2.75) is 32.3 Å². The van der Waals surface area contributed by atoms with Gasteiger partial charge in [0.2, 0.25) is 5.91 Å². The summed E-state index contributed by atoms with van der Waals surface area (Å²) in [5.74, 6) is -12.7. The van der Waals surface area contributed by atoms with Gasteiger partial charge in [-0.25, -0.2) is 5.48 Å². The molecule has 0 radical (unpaired) electrons. The number of Topliss-reactive ketones (excluding diaryl/α,β-unsaturated/α-hetero) is 4. The van der Waals surface area contributed by atoms with Crippen LogP contribution in [0.2, 0.25) is 0 Å². The number of fused-ring (bicyclic) bond motifs is 3. The molecule has 0 aromatic heterocycles. The zero-order valence-corrected chi connectivity index (χ0v) is 22.7. The van der Waals surface area contributed by atoms with E-state index in [9.17, 15) is 39.0 Å². The number of amides is 2. The zero-order valence-electron chi connectivity index (χ0n) is 22.7. The van der Waals surface area contributed by atoms with Crippen molar-refractivity contribution in [3.05, 3.63) is 53.1 Å². The van der Waals surface area contributed by atoms with E-state index < -0.39 is 76.1 Å². The van der Waals surface area contributed by atoms with Crippen LogP contribution in [-0.2, 0) is 30.4 Å². The van der Waals surface area contributed by atoms with Crippen LogP contribution in [0.25, 0.3) is 11.1 Å². The first kappa shape index (κ1) is 28.3. The first-order valence-corrected chi connectivity index (χ1v) is 13.3. The van der Waals surface area contributed by atoms with E-state index in [1.54, 1.807) is 44.2 Å². The monoisotopic (exact) mass is 562 g/mol. The SMILES string of the molecule is CONC(=O)c1cccc(-c2ccc(O)c3c2C[C@H]2C[C@H]4[C@H](C(C)C)C(=O)C(C(N)=O)C(=O)[C@@]4(O)C(=O)C2C3=O)c1. The standard InChI is InChI=1S/C30H30N2O9/c1-12(2)20-18-11-15-10-17-16(13-5-4-6-14(9-13)29(39)32-41-3)7-8-19(33)22(17)25(35)21(15)26(36)30(18,40)27(37)23(24(20)34)28(31)38/h4-9,12,15,18,20-21,23,33,40H,10-11H2,1-3H3,(H2,31,38)(H,32,39)/t15-,18-,20-,21?,23?,30-/m0/s1. The van der Waals surface area contributed by atoms with Gasteiger partial charge in [0.1, 0.15) is 5.75 Å². The van der Waals surface area contributed by atoms with Gasteiger partial charge in [-0.15, -0.1) is 0 Å². The lowest BCUT2D eigenvalue weighted by atomic mass is 9.49. The molecule has 3 aliphatic carbocycles. The average molecular weight is 563 g/mol. The normalized spacial score (nSPS) is 29.0. The minimum atomic E-state index is -2.74. The minimum Gasteiger partial charge on any atom is -0.507 e. The number of phenolic OH excluding ortho intramolecular Hbond substituents is 1. The van der Waals surface area contributed by atoms with Gasteiger partial charge in [0.25, 0.3) is 5.91 Å². The van der Waals surface area contributed by atoms with Gasteiger partial charge in [-0.1, -0.05) is 32.0 Å². The molecule has 2 amide bonds. The molecule has 11 heteroatoms. The molecule has 2 aromatic rings. The Morgan fingerprint density at radius 3 is 2.44 bits per heavy atom. The molecule has 3 aliphatic rings. The molecule has 2 aromatic carbocycles. The smallest absolute Gasteiger partial charge is 0.274 e. The molecule has 2 saturated carbocycles. The summed E-state index contributed by atoms with van der Waals surface area (Å²) in [6, 6.07) is 9.47. The zero-order chi connectivity index (χ0) is 30.0. The third-order valence-electron chi connectivity index (χ3n) is 8.83. The van der Waals surface area contributed by atoms with Crippen molar-refractivity contribution in [3.8, 4) is 16.9 Å². The summed E-state index contributed by atoms with van der Waals surface area (Å²) < 4.78 is 0. The Hall–Kier alpha value is -4.22. The van der Waals surface area contributed by atoms with Crippen LogP contribution in [0.3, 0.4) is 0 Å². The number of hydrogen-bond donors (Lipinski definition) is 4. The molecule has 5 N–H and O–H groups in total. The van der Waals surface area contributed by atoms with E-state index in [0.29, 0.717) is 16.7 Å². The second-order valence-corrected chi connectivity index (χ2v) is 11.4. The fourth-order valence-electron chi connectivity index (χ4n) is 7.10. The number of primary amides is 1. The van der Waals surface area contributed by atoms with Crippen LogP contribution < -0.4 is 11.2 Å². The molecule has 6 atom stereocenters. The van der Waals surface area contributed by atoms with Gasteiger partial charge in [0, 0.05) is 17.4 Å². The molecule has 11 nitrogen and oxygen atoms in total. The third kappa shape index (κ3) is 4.10. The van der Waals surface area contributed by atoms with E-state index in [1.807, 2.05) is 0 Å². The Kier molecular flexibility index (Phi) is 6.91. The van der Waals surface area contributed by atoms with Crippen LogP contribution in [0.1, 0.15) is 46.5 Å². The quantitative estimate of drug-likeness (QED) is 0.306. The summed E-state index contributed by atoms with van der Waals surface area (Å²) in [5.41, 5.74) is 6.60. The lowest BCUT2D eigenvalue weighted by molar-refractivity contribution is -0.182. The Balaban J connectivity index is 1.63. The van der Waals surface area contributed by atoms with Crippen molar-refractivity contribution in [3.63, 3.8) is 0 Å². The van der Waals surface area contributed by atoms with Gasteiger partial charge in [-0.2, -0.15) is 0 Å². The van der Waals surface area contributed by atoms with Crippen LogP contribution in [0.15, 0.2) is 36.4 Å². The molecule has 214 valence electrons. The summed E-state index contributed by atoms with van der Waals surface area (Å²) in [6.07, 6.45) is 0.101. The highest BCUT2D eigenvalue weighted by atomic mass is 16.6. The van der Waals surface area contributed by atoms with E-state index in [0.717, 1.165) is 0 Å². The van der Waals surface area contributed by atoms with Crippen molar-refractivity contribution in [1.82, 2.24) is 5.48 Å². The van der Waals surface area contributed by atoms with Gasteiger partial charge < -0.3 is 15.9 Å². The van der Waals surface area contributed by atoms with Gasteiger partial charge in [-0.05, 0) is 59.6 Å². The number of aromatic hydroxyl groups is 1. The first-order chi connectivity index (χ1) is 19.3. The molecule has 0 saturated heterocycles. The highest BCUT2D eigenvalue weighted by Crippen LogP contribution is 2.53.